The van der Waals surface area contributed by atoms with E-state index in [9.17, 15) is 8.42 Å². The van der Waals surface area contributed by atoms with Crippen LogP contribution in [0.1, 0.15) is 30.3 Å². The number of nitrogens with one attached hydrogen (secondary N) is 1. The van der Waals surface area contributed by atoms with Crippen LogP contribution < -0.4 is 4.72 Å². The van der Waals surface area contributed by atoms with Gasteiger partial charge in [-0.25, -0.2) is 18.4 Å². The van der Waals surface area contributed by atoms with Gasteiger partial charge in [-0.15, -0.1) is 0 Å². The number of oxazole rings is 1. The highest BCUT2D eigenvalue weighted by molar-refractivity contribution is 7.89. The van der Waals surface area contributed by atoms with Crippen LogP contribution in [0.15, 0.2) is 33.8 Å². The zero-order valence-corrected chi connectivity index (χ0v) is 11.7. The number of aromatic nitrogens is 2. The first kappa shape index (κ1) is 14.2. The first-order chi connectivity index (χ1) is 9.42. The average molecular weight is 292 g/mol. The number of hydrogen-bond acceptors (Lipinski definition) is 6. The lowest BCUT2D eigenvalue weighted by molar-refractivity contribution is 0.427. The van der Waals surface area contributed by atoms with E-state index in [1.807, 2.05) is 6.07 Å². The van der Waals surface area contributed by atoms with Gasteiger partial charge >= 0.3 is 0 Å². The van der Waals surface area contributed by atoms with E-state index in [1.54, 1.807) is 13.8 Å². The molecule has 0 saturated heterocycles. The highest BCUT2D eigenvalue weighted by Crippen LogP contribution is 2.16. The molecule has 104 valence electrons. The molecule has 0 fully saturated rings. The third-order valence-corrected chi connectivity index (χ3v) is 4.03. The summed E-state index contributed by atoms with van der Waals surface area (Å²) in [6, 6.07) is 3.88. The van der Waals surface area contributed by atoms with Gasteiger partial charge in [0, 0.05) is 6.20 Å². The minimum atomic E-state index is -3.75. The van der Waals surface area contributed by atoms with Crippen LogP contribution in [0.5, 0.6) is 0 Å². The summed E-state index contributed by atoms with van der Waals surface area (Å²) in [5, 5.41) is 8.63. The van der Waals surface area contributed by atoms with Gasteiger partial charge in [0.15, 0.2) is 0 Å². The van der Waals surface area contributed by atoms with Crippen LogP contribution in [-0.2, 0) is 10.0 Å². The lowest BCUT2D eigenvalue weighted by Crippen LogP contribution is -2.27. The largest absolute Gasteiger partial charge is 0.444 e. The van der Waals surface area contributed by atoms with Gasteiger partial charge in [-0.2, -0.15) is 9.98 Å². The predicted molar refractivity (Wildman–Crippen MR) is 68.9 cm³/mol. The Morgan fingerprint density at radius 3 is 2.60 bits per heavy atom. The smallest absolute Gasteiger partial charge is 0.242 e. The lowest BCUT2D eigenvalue weighted by atomic mass is 10.4. The van der Waals surface area contributed by atoms with Crippen molar-refractivity contribution in [3.8, 4) is 6.07 Å². The molecule has 0 aromatic carbocycles. The van der Waals surface area contributed by atoms with E-state index in [-0.39, 0.29) is 16.5 Å². The zero-order chi connectivity index (χ0) is 14.8. The normalized spacial score (nSPS) is 12.8. The van der Waals surface area contributed by atoms with Crippen LogP contribution in [-0.4, -0.2) is 18.4 Å². The molecule has 0 aliphatic rings. The van der Waals surface area contributed by atoms with E-state index in [2.05, 4.69) is 14.7 Å². The van der Waals surface area contributed by atoms with Gasteiger partial charge in [0.2, 0.25) is 15.9 Å². The van der Waals surface area contributed by atoms with Gasteiger partial charge in [0.05, 0.1) is 12.2 Å². The van der Waals surface area contributed by atoms with Crippen molar-refractivity contribution in [2.75, 3.05) is 0 Å². The Balaban J connectivity index is 2.20. The Morgan fingerprint density at radius 2 is 2.10 bits per heavy atom. The van der Waals surface area contributed by atoms with Gasteiger partial charge in [-0.3, -0.25) is 0 Å². The average Bonchev–Trinajstić information content (AvgIpc) is 2.85. The van der Waals surface area contributed by atoms with Crippen molar-refractivity contribution in [2.45, 2.75) is 24.8 Å². The van der Waals surface area contributed by atoms with E-state index < -0.39 is 16.1 Å². The van der Waals surface area contributed by atoms with Crippen LogP contribution in [0.4, 0.5) is 0 Å². The quantitative estimate of drug-likeness (QED) is 0.909. The van der Waals surface area contributed by atoms with E-state index in [0.717, 1.165) is 6.20 Å². The molecule has 2 heterocycles. The van der Waals surface area contributed by atoms with Gasteiger partial charge in [-0.1, -0.05) is 0 Å². The summed E-state index contributed by atoms with van der Waals surface area (Å²) in [7, 11) is -3.75. The molecule has 8 heteroatoms. The Bertz CT molecular complexity index is 744. The molecule has 0 radical (unpaired) electrons. The maximum absolute atomic E-state index is 12.1. The van der Waals surface area contributed by atoms with E-state index in [1.165, 1.54) is 18.3 Å². The second-order valence-electron chi connectivity index (χ2n) is 4.14. The van der Waals surface area contributed by atoms with Crippen molar-refractivity contribution >= 4 is 10.0 Å². The lowest BCUT2D eigenvalue weighted by Gasteiger charge is -2.10. The summed E-state index contributed by atoms with van der Waals surface area (Å²) < 4.78 is 31.9. The SMILES string of the molecule is Cc1cnc(C(C)NS(=O)(=O)c2ccc(C#N)nc2)o1. The predicted octanol–water partition coefficient (Wildman–Crippen LogP) is 1.29. The first-order valence-electron chi connectivity index (χ1n) is 5.73. The van der Waals surface area contributed by atoms with Crippen molar-refractivity contribution < 1.29 is 12.8 Å². The number of pyridine rings is 1. The fourth-order valence-electron chi connectivity index (χ4n) is 1.53. The summed E-state index contributed by atoms with van der Waals surface area (Å²) in [6.07, 6.45) is 2.65. The maximum Gasteiger partial charge on any atom is 0.242 e. The Labute approximate surface area is 116 Å². The van der Waals surface area contributed by atoms with Crippen LogP contribution in [0.3, 0.4) is 0 Å². The molecule has 20 heavy (non-hydrogen) atoms. The van der Waals surface area contributed by atoms with E-state index in [4.69, 9.17) is 9.68 Å². The molecule has 7 nitrogen and oxygen atoms in total. The Kier molecular flexibility index (Phi) is 3.83. The first-order valence-corrected chi connectivity index (χ1v) is 7.21. The fraction of sp³-hybridized carbons (Fsp3) is 0.250. The summed E-state index contributed by atoms with van der Waals surface area (Å²) in [5.74, 6) is 0.888. The molecule has 0 aliphatic heterocycles. The molecule has 0 aliphatic carbocycles. The second-order valence-corrected chi connectivity index (χ2v) is 5.86. The topological polar surface area (TPSA) is 109 Å². The number of nitriles is 1. The molecule has 1 unspecified atom stereocenters. The van der Waals surface area contributed by atoms with Gasteiger partial charge < -0.3 is 4.42 Å². The molecular formula is C12H12N4O3S. The molecule has 2 rings (SSSR count). The van der Waals surface area contributed by atoms with Crippen molar-refractivity contribution in [3.05, 3.63) is 41.9 Å². The number of aryl methyl sites for hydroxylation is 1. The molecule has 1 atom stereocenters. The number of sulfonamides is 1. The number of nitrogens with zero attached hydrogens (tertiary/aromatic N) is 3. The molecule has 0 bridgehead atoms. The summed E-state index contributed by atoms with van der Waals surface area (Å²) >= 11 is 0. The highest BCUT2D eigenvalue weighted by atomic mass is 32.2. The monoisotopic (exact) mass is 292 g/mol. The molecule has 1 N–H and O–H groups in total. The van der Waals surface area contributed by atoms with Crippen molar-refractivity contribution in [1.82, 2.24) is 14.7 Å². The zero-order valence-electron chi connectivity index (χ0n) is 10.9. The Hall–Kier alpha value is -2.24. The standard InChI is InChI=1S/C12H12N4O3S/c1-8-6-15-12(19-8)9(2)16-20(17,18)11-4-3-10(5-13)14-7-11/h3-4,6-7,9,16H,1-2H3. The van der Waals surface area contributed by atoms with Crippen molar-refractivity contribution in [3.63, 3.8) is 0 Å². The minimum Gasteiger partial charge on any atom is -0.444 e. The summed E-state index contributed by atoms with van der Waals surface area (Å²) in [6.45, 7) is 3.35. The molecular weight excluding hydrogens is 280 g/mol. The van der Waals surface area contributed by atoms with E-state index >= 15 is 0 Å². The second kappa shape index (κ2) is 5.40. The van der Waals surface area contributed by atoms with Crippen molar-refractivity contribution in [2.24, 2.45) is 0 Å². The van der Waals surface area contributed by atoms with Crippen molar-refractivity contribution in [1.29, 1.82) is 5.26 Å². The molecule has 0 saturated carbocycles. The fourth-order valence-corrected chi connectivity index (χ4v) is 2.67. The molecule has 0 amide bonds. The molecule has 0 spiro atoms. The van der Waals surface area contributed by atoms with Crippen LogP contribution >= 0.6 is 0 Å². The van der Waals surface area contributed by atoms with Gasteiger partial charge in [-0.05, 0) is 26.0 Å². The van der Waals surface area contributed by atoms with Crippen LogP contribution in [0.2, 0.25) is 0 Å². The molecule has 2 aromatic rings. The van der Waals surface area contributed by atoms with Crippen LogP contribution in [0.25, 0.3) is 0 Å². The van der Waals surface area contributed by atoms with E-state index in [0.29, 0.717) is 5.76 Å². The van der Waals surface area contributed by atoms with Gasteiger partial charge in [0.1, 0.15) is 22.4 Å². The third-order valence-electron chi connectivity index (χ3n) is 2.50. The highest BCUT2D eigenvalue weighted by Gasteiger charge is 2.21. The third kappa shape index (κ3) is 3.01. The Morgan fingerprint density at radius 1 is 1.35 bits per heavy atom. The maximum atomic E-state index is 12.1. The van der Waals surface area contributed by atoms with Crippen LogP contribution in [0, 0.1) is 18.3 Å². The van der Waals surface area contributed by atoms with Gasteiger partial charge in [0.25, 0.3) is 0 Å². The number of rotatable bonds is 4. The minimum absolute atomic E-state index is 0.0216. The number of hydrogen-bond donors (Lipinski definition) is 1. The molecule has 2 aromatic heterocycles. The summed E-state index contributed by atoms with van der Waals surface area (Å²) in [5.41, 5.74) is 0.153. The summed E-state index contributed by atoms with van der Waals surface area (Å²) in [4.78, 5) is 7.68.